The SMILES string of the molecule is CC(C)OC(=O)OC(=O)Cc1ccc([N+](=O)[O-])cc1. The minimum absolute atomic E-state index is 0.0728. The van der Waals surface area contributed by atoms with Gasteiger partial charge in [0.1, 0.15) is 0 Å². The largest absolute Gasteiger partial charge is 0.516 e. The van der Waals surface area contributed by atoms with Gasteiger partial charge in [0.2, 0.25) is 0 Å². The zero-order valence-corrected chi connectivity index (χ0v) is 10.5. The van der Waals surface area contributed by atoms with E-state index in [0.29, 0.717) is 5.56 Å². The number of non-ortho nitro benzene ring substituents is 1. The number of esters is 1. The van der Waals surface area contributed by atoms with E-state index in [1.54, 1.807) is 13.8 Å². The van der Waals surface area contributed by atoms with Gasteiger partial charge in [0, 0.05) is 12.1 Å². The molecule has 1 rings (SSSR count). The number of benzene rings is 1. The lowest BCUT2D eigenvalue weighted by Gasteiger charge is -2.07. The second kappa shape index (κ2) is 6.48. The molecule has 7 nitrogen and oxygen atoms in total. The van der Waals surface area contributed by atoms with Gasteiger partial charge in [0.05, 0.1) is 17.4 Å². The molecule has 0 atom stereocenters. The molecule has 0 heterocycles. The van der Waals surface area contributed by atoms with E-state index in [4.69, 9.17) is 0 Å². The summed E-state index contributed by atoms with van der Waals surface area (Å²) in [7, 11) is 0. The van der Waals surface area contributed by atoms with E-state index in [-0.39, 0.29) is 18.2 Å². The van der Waals surface area contributed by atoms with Crippen LogP contribution < -0.4 is 0 Å². The number of carbonyl (C=O) groups is 2. The maximum absolute atomic E-state index is 11.4. The van der Waals surface area contributed by atoms with E-state index in [1.807, 2.05) is 0 Å². The predicted octanol–water partition coefficient (Wildman–Crippen LogP) is 2.23. The van der Waals surface area contributed by atoms with Crippen LogP contribution >= 0.6 is 0 Å². The van der Waals surface area contributed by atoms with Gasteiger partial charge in [-0.25, -0.2) is 4.79 Å². The highest BCUT2D eigenvalue weighted by Gasteiger charge is 2.14. The molecule has 102 valence electrons. The van der Waals surface area contributed by atoms with Gasteiger partial charge < -0.3 is 9.47 Å². The highest BCUT2D eigenvalue weighted by Crippen LogP contribution is 2.12. The first-order valence-corrected chi connectivity index (χ1v) is 5.53. The van der Waals surface area contributed by atoms with Crippen molar-refractivity contribution in [3.05, 3.63) is 39.9 Å². The molecule has 0 unspecified atom stereocenters. The van der Waals surface area contributed by atoms with E-state index in [9.17, 15) is 19.7 Å². The molecule has 0 spiro atoms. The van der Waals surface area contributed by atoms with Crippen molar-refractivity contribution in [2.45, 2.75) is 26.4 Å². The summed E-state index contributed by atoms with van der Waals surface area (Å²) >= 11 is 0. The average Bonchev–Trinajstić information content (AvgIpc) is 2.27. The summed E-state index contributed by atoms with van der Waals surface area (Å²) in [5.41, 5.74) is 0.435. The topological polar surface area (TPSA) is 95.7 Å². The maximum Gasteiger partial charge on any atom is 0.516 e. The van der Waals surface area contributed by atoms with Gasteiger partial charge in [-0.05, 0) is 19.4 Å². The van der Waals surface area contributed by atoms with Crippen molar-refractivity contribution in [1.29, 1.82) is 0 Å². The zero-order chi connectivity index (χ0) is 14.4. The lowest BCUT2D eigenvalue weighted by Crippen LogP contribution is -2.18. The number of nitro groups is 1. The minimum atomic E-state index is -1.05. The van der Waals surface area contributed by atoms with Crippen LogP contribution in [0, 0.1) is 10.1 Å². The Morgan fingerprint density at radius 3 is 2.32 bits per heavy atom. The van der Waals surface area contributed by atoms with Crippen molar-refractivity contribution in [1.82, 2.24) is 0 Å². The molecule has 0 amide bonds. The average molecular weight is 267 g/mol. The monoisotopic (exact) mass is 267 g/mol. The van der Waals surface area contributed by atoms with E-state index in [2.05, 4.69) is 9.47 Å². The van der Waals surface area contributed by atoms with Crippen LogP contribution in [-0.4, -0.2) is 23.2 Å². The molecule has 0 aliphatic heterocycles. The van der Waals surface area contributed by atoms with Crippen LogP contribution in [0.3, 0.4) is 0 Å². The van der Waals surface area contributed by atoms with Gasteiger partial charge in [-0.15, -0.1) is 0 Å². The first kappa shape index (κ1) is 14.6. The van der Waals surface area contributed by atoms with Gasteiger partial charge in [-0.3, -0.25) is 14.9 Å². The van der Waals surface area contributed by atoms with Crippen molar-refractivity contribution in [2.75, 3.05) is 0 Å². The Morgan fingerprint density at radius 2 is 1.84 bits per heavy atom. The summed E-state index contributed by atoms with van der Waals surface area (Å²) < 4.78 is 9.05. The second-order valence-electron chi connectivity index (χ2n) is 3.99. The summed E-state index contributed by atoms with van der Waals surface area (Å²) in [6.45, 7) is 3.25. The highest BCUT2D eigenvalue weighted by atomic mass is 16.7. The van der Waals surface area contributed by atoms with E-state index in [0.717, 1.165) is 0 Å². The van der Waals surface area contributed by atoms with Crippen molar-refractivity contribution in [2.24, 2.45) is 0 Å². The van der Waals surface area contributed by atoms with Gasteiger partial charge in [0.25, 0.3) is 5.69 Å². The van der Waals surface area contributed by atoms with Crippen LogP contribution in [0.15, 0.2) is 24.3 Å². The lowest BCUT2D eigenvalue weighted by molar-refractivity contribution is -0.384. The predicted molar refractivity (Wildman–Crippen MR) is 64.5 cm³/mol. The maximum atomic E-state index is 11.4. The van der Waals surface area contributed by atoms with E-state index >= 15 is 0 Å². The number of nitro benzene ring substituents is 1. The van der Waals surface area contributed by atoms with Crippen LogP contribution in [0.2, 0.25) is 0 Å². The molecule has 0 saturated heterocycles. The van der Waals surface area contributed by atoms with E-state index < -0.39 is 17.0 Å². The number of hydrogen-bond acceptors (Lipinski definition) is 6. The molecule has 0 aliphatic carbocycles. The van der Waals surface area contributed by atoms with Crippen molar-refractivity contribution >= 4 is 17.8 Å². The number of hydrogen-bond donors (Lipinski definition) is 0. The normalized spacial score (nSPS) is 10.1. The third-order valence-electron chi connectivity index (χ3n) is 2.02. The van der Waals surface area contributed by atoms with Crippen molar-refractivity contribution in [3.63, 3.8) is 0 Å². The first-order chi connectivity index (χ1) is 8.88. The lowest BCUT2D eigenvalue weighted by atomic mass is 10.1. The van der Waals surface area contributed by atoms with Crippen LogP contribution in [-0.2, 0) is 20.7 Å². The highest BCUT2D eigenvalue weighted by molar-refractivity contribution is 5.83. The molecule has 0 N–H and O–H groups in total. The smallest absolute Gasteiger partial charge is 0.431 e. The molecular formula is C12H13NO6. The Balaban J connectivity index is 2.53. The fourth-order valence-corrected chi connectivity index (χ4v) is 1.25. The fraction of sp³-hybridized carbons (Fsp3) is 0.333. The third-order valence-corrected chi connectivity index (χ3v) is 2.02. The molecule has 0 fully saturated rings. The molecule has 0 saturated carbocycles. The molecule has 0 aliphatic rings. The first-order valence-electron chi connectivity index (χ1n) is 5.53. The Kier molecular flexibility index (Phi) is 4.99. The summed E-state index contributed by atoms with van der Waals surface area (Å²) in [6, 6.07) is 5.39. The zero-order valence-electron chi connectivity index (χ0n) is 10.5. The Morgan fingerprint density at radius 1 is 1.26 bits per heavy atom. The molecule has 1 aromatic rings. The molecule has 19 heavy (non-hydrogen) atoms. The Bertz CT molecular complexity index is 479. The molecular weight excluding hydrogens is 254 g/mol. The van der Waals surface area contributed by atoms with Gasteiger partial charge >= 0.3 is 12.1 Å². The third kappa shape index (κ3) is 5.15. The van der Waals surface area contributed by atoms with Crippen LogP contribution in [0.25, 0.3) is 0 Å². The molecule has 0 bridgehead atoms. The molecule has 0 radical (unpaired) electrons. The quantitative estimate of drug-likeness (QED) is 0.359. The Labute approximate surface area is 109 Å². The van der Waals surface area contributed by atoms with Crippen LogP contribution in [0.5, 0.6) is 0 Å². The van der Waals surface area contributed by atoms with Crippen molar-refractivity contribution < 1.29 is 24.0 Å². The summed E-state index contributed by atoms with van der Waals surface area (Å²) in [6.07, 6.45) is -1.59. The number of nitrogens with zero attached hydrogens (tertiary/aromatic N) is 1. The minimum Gasteiger partial charge on any atom is -0.431 e. The summed E-state index contributed by atoms with van der Waals surface area (Å²) in [5.74, 6) is -0.778. The number of carbonyl (C=O) groups excluding carboxylic acids is 2. The van der Waals surface area contributed by atoms with Gasteiger partial charge in [0.15, 0.2) is 0 Å². The molecule has 0 aromatic heterocycles. The van der Waals surface area contributed by atoms with E-state index in [1.165, 1.54) is 24.3 Å². The standard InChI is InChI=1S/C12H13NO6/c1-8(2)18-12(15)19-11(14)7-9-3-5-10(6-4-9)13(16)17/h3-6,8H,7H2,1-2H3. The molecule has 1 aromatic carbocycles. The number of rotatable bonds is 4. The van der Waals surface area contributed by atoms with Gasteiger partial charge in [-0.2, -0.15) is 0 Å². The number of ether oxygens (including phenoxy) is 2. The van der Waals surface area contributed by atoms with Crippen LogP contribution in [0.4, 0.5) is 10.5 Å². The molecule has 7 heteroatoms. The van der Waals surface area contributed by atoms with Crippen LogP contribution in [0.1, 0.15) is 19.4 Å². The van der Waals surface area contributed by atoms with Crippen molar-refractivity contribution in [3.8, 4) is 0 Å². The summed E-state index contributed by atoms with van der Waals surface area (Å²) in [5, 5.41) is 10.4. The second-order valence-corrected chi connectivity index (χ2v) is 3.99. The fourth-order valence-electron chi connectivity index (χ4n) is 1.25. The Hall–Kier alpha value is -2.44. The summed E-state index contributed by atoms with van der Waals surface area (Å²) in [4.78, 5) is 32.3. The van der Waals surface area contributed by atoms with Gasteiger partial charge in [-0.1, -0.05) is 12.1 Å².